The van der Waals surface area contributed by atoms with Crippen LogP contribution in [0.5, 0.6) is 5.88 Å². The molecule has 2 aromatic rings. The van der Waals surface area contributed by atoms with E-state index in [1.165, 1.54) is 5.56 Å². The summed E-state index contributed by atoms with van der Waals surface area (Å²) in [6.45, 7) is 12.5. The minimum absolute atomic E-state index is 0.0288. The van der Waals surface area contributed by atoms with E-state index in [0.29, 0.717) is 24.1 Å². The highest BCUT2D eigenvalue weighted by molar-refractivity contribution is 5.92. The van der Waals surface area contributed by atoms with Crippen molar-refractivity contribution in [3.05, 3.63) is 41.1 Å². The first-order valence-corrected chi connectivity index (χ1v) is 10.3. The van der Waals surface area contributed by atoms with Crippen molar-refractivity contribution in [3.8, 4) is 11.6 Å². The van der Waals surface area contributed by atoms with Crippen molar-refractivity contribution < 1.29 is 19.4 Å². The van der Waals surface area contributed by atoms with Crippen LogP contribution in [0, 0.1) is 0 Å². The first kappa shape index (κ1) is 21.3. The summed E-state index contributed by atoms with van der Waals surface area (Å²) in [5.41, 5.74) is 2.70. The van der Waals surface area contributed by atoms with Crippen LogP contribution in [0.15, 0.2) is 24.3 Å². The molecule has 0 spiro atoms. The van der Waals surface area contributed by atoms with Crippen molar-refractivity contribution in [1.29, 1.82) is 0 Å². The Morgan fingerprint density at radius 1 is 1.14 bits per heavy atom. The molecule has 0 aliphatic carbocycles. The molecule has 0 radical (unpaired) electrons. The van der Waals surface area contributed by atoms with Crippen LogP contribution in [0.3, 0.4) is 0 Å². The number of benzene rings is 1. The van der Waals surface area contributed by atoms with Crippen molar-refractivity contribution >= 4 is 5.97 Å². The van der Waals surface area contributed by atoms with Crippen LogP contribution < -0.4 is 4.74 Å². The van der Waals surface area contributed by atoms with Gasteiger partial charge < -0.3 is 14.6 Å². The number of hydrogen-bond acceptors (Lipinski definition) is 5. The molecule has 7 nitrogen and oxygen atoms in total. The van der Waals surface area contributed by atoms with Gasteiger partial charge in [-0.25, -0.2) is 9.48 Å². The molecular weight excluding hydrogens is 370 g/mol. The van der Waals surface area contributed by atoms with Crippen molar-refractivity contribution in [2.75, 3.05) is 39.5 Å². The molecule has 1 aromatic heterocycles. The summed E-state index contributed by atoms with van der Waals surface area (Å²) in [5.74, 6) is -0.322. The van der Waals surface area contributed by atoms with Gasteiger partial charge in [0, 0.05) is 19.6 Å². The van der Waals surface area contributed by atoms with E-state index < -0.39 is 5.97 Å². The Balaban J connectivity index is 1.91. The second-order valence-corrected chi connectivity index (χ2v) is 7.99. The molecule has 1 N–H and O–H groups in total. The van der Waals surface area contributed by atoms with Gasteiger partial charge in [0.1, 0.15) is 12.2 Å². The lowest BCUT2D eigenvalue weighted by atomic mass is 10.0. The Bertz CT molecular complexity index is 821. The fourth-order valence-corrected chi connectivity index (χ4v) is 3.43. The largest absolute Gasteiger partial charge is 0.477 e. The molecule has 2 heterocycles. The molecule has 1 aromatic carbocycles. The summed E-state index contributed by atoms with van der Waals surface area (Å²) in [7, 11) is 0. The number of morpholine rings is 1. The molecule has 1 aliphatic heterocycles. The lowest BCUT2D eigenvalue weighted by molar-refractivity contribution is 0.0317. The van der Waals surface area contributed by atoms with Gasteiger partial charge in [0.2, 0.25) is 5.88 Å². The van der Waals surface area contributed by atoms with E-state index in [2.05, 4.69) is 36.0 Å². The van der Waals surface area contributed by atoms with Gasteiger partial charge in [-0.3, -0.25) is 4.90 Å². The predicted molar refractivity (Wildman–Crippen MR) is 111 cm³/mol. The monoisotopic (exact) mass is 401 g/mol. The van der Waals surface area contributed by atoms with Crippen LogP contribution in [-0.2, 0) is 4.74 Å². The highest BCUT2D eigenvalue weighted by atomic mass is 16.5. The van der Waals surface area contributed by atoms with E-state index in [1.807, 2.05) is 26.0 Å². The van der Waals surface area contributed by atoms with Gasteiger partial charge in [0.25, 0.3) is 0 Å². The Kier molecular flexibility index (Phi) is 6.92. The molecule has 1 fully saturated rings. The fourth-order valence-electron chi connectivity index (χ4n) is 3.43. The Morgan fingerprint density at radius 2 is 1.79 bits per heavy atom. The molecule has 0 bridgehead atoms. The third kappa shape index (κ3) is 4.97. The second kappa shape index (κ2) is 9.41. The summed E-state index contributed by atoms with van der Waals surface area (Å²) in [6.07, 6.45) is 0. The highest BCUT2D eigenvalue weighted by Crippen LogP contribution is 2.31. The molecule has 29 heavy (non-hydrogen) atoms. The van der Waals surface area contributed by atoms with Gasteiger partial charge >= 0.3 is 5.97 Å². The summed E-state index contributed by atoms with van der Waals surface area (Å²) >= 11 is 0. The topological polar surface area (TPSA) is 76.8 Å². The zero-order valence-electron chi connectivity index (χ0n) is 17.7. The Hall–Kier alpha value is -2.38. The van der Waals surface area contributed by atoms with Crippen molar-refractivity contribution in [2.24, 2.45) is 0 Å². The number of nitrogens with zero attached hydrogens (tertiary/aromatic N) is 3. The fraction of sp³-hybridized carbons (Fsp3) is 0.545. The number of carbonyl (C=O) groups is 1. The van der Waals surface area contributed by atoms with E-state index in [-0.39, 0.29) is 11.5 Å². The van der Waals surface area contributed by atoms with E-state index in [0.717, 1.165) is 38.5 Å². The number of carboxylic acid groups (broad SMARTS) is 1. The zero-order chi connectivity index (χ0) is 21.0. The smallest absolute Gasteiger partial charge is 0.343 e. The molecule has 0 amide bonds. The first-order valence-electron chi connectivity index (χ1n) is 10.3. The number of aromatic carboxylic acids is 1. The number of hydrogen-bond donors (Lipinski definition) is 1. The quantitative estimate of drug-likeness (QED) is 0.729. The first-order chi connectivity index (χ1) is 13.9. The van der Waals surface area contributed by atoms with E-state index >= 15 is 0 Å². The molecule has 0 unspecified atom stereocenters. The average Bonchev–Trinajstić information content (AvgIpc) is 3.09. The molecule has 0 saturated carbocycles. The van der Waals surface area contributed by atoms with Gasteiger partial charge in [-0.2, -0.15) is 5.10 Å². The van der Waals surface area contributed by atoms with Crippen LogP contribution in [-0.4, -0.2) is 65.2 Å². The van der Waals surface area contributed by atoms with Crippen molar-refractivity contribution in [3.63, 3.8) is 0 Å². The van der Waals surface area contributed by atoms with E-state index in [9.17, 15) is 9.90 Å². The van der Waals surface area contributed by atoms with Gasteiger partial charge in [-0.15, -0.1) is 0 Å². The maximum Gasteiger partial charge on any atom is 0.343 e. The lowest BCUT2D eigenvalue weighted by Crippen LogP contribution is -2.38. The summed E-state index contributed by atoms with van der Waals surface area (Å²) in [4.78, 5) is 14.3. The minimum Gasteiger partial charge on any atom is -0.477 e. The number of aromatic nitrogens is 2. The van der Waals surface area contributed by atoms with Crippen LogP contribution in [0.1, 0.15) is 61.1 Å². The number of rotatable bonds is 8. The molecule has 1 saturated heterocycles. The third-order valence-corrected chi connectivity index (χ3v) is 5.19. The Labute approximate surface area is 172 Å². The van der Waals surface area contributed by atoms with Crippen LogP contribution in [0.4, 0.5) is 0 Å². The summed E-state index contributed by atoms with van der Waals surface area (Å²) in [6, 6.07) is 8.03. The molecular formula is C22H31N3O4. The average molecular weight is 402 g/mol. The summed E-state index contributed by atoms with van der Waals surface area (Å²) < 4.78 is 13.0. The third-order valence-electron chi connectivity index (χ3n) is 5.19. The Morgan fingerprint density at radius 3 is 2.34 bits per heavy atom. The maximum absolute atomic E-state index is 12.0. The zero-order valence-corrected chi connectivity index (χ0v) is 17.7. The van der Waals surface area contributed by atoms with Crippen LogP contribution in [0.25, 0.3) is 5.69 Å². The van der Waals surface area contributed by atoms with Gasteiger partial charge in [0.05, 0.1) is 24.6 Å². The number of ether oxygens (including phenoxy) is 2. The SMILES string of the molecule is CC(C)c1ccc(-n2nc(C(C)C)c(C(=O)O)c2OCCN2CCOCC2)cc1. The molecule has 1 aliphatic rings. The highest BCUT2D eigenvalue weighted by Gasteiger charge is 2.27. The van der Waals surface area contributed by atoms with Crippen LogP contribution >= 0.6 is 0 Å². The van der Waals surface area contributed by atoms with E-state index in [1.54, 1.807) is 4.68 Å². The normalized spacial score (nSPS) is 15.2. The van der Waals surface area contributed by atoms with Crippen LogP contribution in [0.2, 0.25) is 0 Å². The standard InChI is InChI=1S/C22H31N3O4/c1-15(2)17-5-7-18(8-6-17)25-21(19(22(26)27)20(23-25)16(3)4)29-14-11-24-9-12-28-13-10-24/h5-8,15-16H,9-14H2,1-4H3,(H,26,27). The molecule has 158 valence electrons. The minimum atomic E-state index is -1.01. The van der Waals surface area contributed by atoms with Crippen molar-refractivity contribution in [2.45, 2.75) is 39.5 Å². The molecule has 0 atom stereocenters. The molecule has 3 rings (SSSR count). The maximum atomic E-state index is 12.0. The van der Waals surface area contributed by atoms with Gasteiger partial charge in [0.15, 0.2) is 0 Å². The predicted octanol–water partition coefficient (Wildman–Crippen LogP) is 3.53. The van der Waals surface area contributed by atoms with Gasteiger partial charge in [-0.1, -0.05) is 39.8 Å². The summed E-state index contributed by atoms with van der Waals surface area (Å²) in [5, 5.41) is 14.5. The van der Waals surface area contributed by atoms with Gasteiger partial charge in [-0.05, 0) is 29.5 Å². The van der Waals surface area contributed by atoms with E-state index in [4.69, 9.17) is 9.47 Å². The second-order valence-electron chi connectivity index (χ2n) is 7.99. The molecule has 7 heteroatoms. The lowest BCUT2D eigenvalue weighted by Gasteiger charge is -2.26. The number of carboxylic acids is 1. The van der Waals surface area contributed by atoms with Crippen molar-refractivity contribution in [1.82, 2.24) is 14.7 Å².